The van der Waals surface area contributed by atoms with E-state index < -0.39 is 0 Å². The van der Waals surface area contributed by atoms with E-state index in [0.29, 0.717) is 13.0 Å². The van der Waals surface area contributed by atoms with Gasteiger partial charge in [0.2, 0.25) is 0 Å². The van der Waals surface area contributed by atoms with Crippen LogP contribution in [0, 0.1) is 0 Å². The zero-order chi connectivity index (χ0) is 13.5. The van der Waals surface area contributed by atoms with Gasteiger partial charge in [-0.1, -0.05) is 6.07 Å². The predicted molar refractivity (Wildman–Crippen MR) is 76.0 cm³/mol. The number of nitrogens with zero attached hydrogens (tertiary/aromatic N) is 2. The first-order valence-corrected chi connectivity index (χ1v) is 7.58. The van der Waals surface area contributed by atoms with E-state index in [1.165, 1.54) is 0 Å². The smallest absolute Gasteiger partial charge is 0.317 e. The van der Waals surface area contributed by atoms with Crippen LogP contribution in [0.4, 0.5) is 4.79 Å². The van der Waals surface area contributed by atoms with Gasteiger partial charge in [0.25, 0.3) is 0 Å². The van der Waals surface area contributed by atoms with Crippen molar-refractivity contribution in [1.29, 1.82) is 0 Å². The molecule has 19 heavy (non-hydrogen) atoms. The number of rotatable bonds is 4. The fraction of sp³-hybridized carbons (Fsp3) is 0.538. The minimum Gasteiger partial charge on any atom is -0.396 e. The van der Waals surface area contributed by atoms with E-state index in [9.17, 15) is 4.79 Å². The van der Waals surface area contributed by atoms with Gasteiger partial charge in [-0.2, -0.15) is 11.8 Å². The Kier molecular flexibility index (Phi) is 5.47. The van der Waals surface area contributed by atoms with Crippen LogP contribution in [0.1, 0.15) is 12.0 Å². The molecule has 1 aromatic rings. The first-order valence-electron chi connectivity index (χ1n) is 6.43. The van der Waals surface area contributed by atoms with Crippen LogP contribution in [0.15, 0.2) is 24.5 Å². The summed E-state index contributed by atoms with van der Waals surface area (Å²) in [5, 5.41) is 12.0. The molecule has 1 atom stereocenters. The number of aliphatic hydroxyl groups excluding tert-OH is 1. The highest BCUT2D eigenvalue weighted by molar-refractivity contribution is 7.99. The number of hydrogen-bond acceptors (Lipinski definition) is 4. The minimum atomic E-state index is -0.0531. The lowest BCUT2D eigenvalue weighted by atomic mass is 10.2. The fourth-order valence-electron chi connectivity index (χ4n) is 2.09. The molecule has 0 radical (unpaired) electrons. The van der Waals surface area contributed by atoms with Gasteiger partial charge in [0.05, 0.1) is 0 Å². The maximum Gasteiger partial charge on any atom is 0.317 e. The third kappa shape index (κ3) is 4.11. The lowest BCUT2D eigenvalue weighted by Crippen LogP contribution is -2.50. The second kappa shape index (κ2) is 7.35. The summed E-state index contributed by atoms with van der Waals surface area (Å²) in [4.78, 5) is 18.0. The van der Waals surface area contributed by atoms with Gasteiger partial charge in [-0.05, 0) is 18.1 Å². The number of aromatic nitrogens is 1. The third-order valence-corrected chi connectivity index (χ3v) is 4.21. The molecular weight excluding hydrogens is 262 g/mol. The van der Waals surface area contributed by atoms with Crippen molar-refractivity contribution in [1.82, 2.24) is 15.2 Å². The fourth-order valence-corrected chi connectivity index (χ4v) is 3.20. The van der Waals surface area contributed by atoms with Crippen molar-refractivity contribution in [3.05, 3.63) is 30.1 Å². The second-order valence-corrected chi connectivity index (χ2v) is 5.60. The van der Waals surface area contributed by atoms with Crippen LogP contribution >= 0.6 is 11.8 Å². The molecule has 2 N–H and O–H groups in total. The summed E-state index contributed by atoms with van der Waals surface area (Å²) in [5.74, 6) is 1.86. The third-order valence-electron chi connectivity index (χ3n) is 3.12. The second-order valence-electron chi connectivity index (χ2n) is 4.45. The Morgan fingerprint density at radius 3 is 3.26 bits per heavy atom. The average Bonchev–Trinajstić information content (AvgIpc) is 2.47. The first-order chi connectivity index (χ1) is 9.31. The molecule has 0 saturated carbocycles. The van der Waals surface area contributed by atoms with Gasteiger partial charge in [0.15, 0.2) is 0 Å². The van der Waals surface area contributed by atoms with Crippen molar-refractivity contribution >= 4 is 17.8 Å². The number of urea groups is 1. The molecule has 1 aliphatic rings. The number of amides is 2. The Labute approximate surface area is 117 Å². The van der Waals surface area contributed by atoms with Crippen molar-refractivity contribution in [3.8, 4) is 0 Å². The molecule has 0 spiro atoms. The summed E-state index contributed by atoms with van der Waals surface area (Å²) >= 11 is 1.84. The molecule has 0 bridgehead atoms. The SMILES string of the molecule is O=C(NCc1cccnc1)N1CCSCC1CCO. The number of carbonyl (C=O) groups is 1. The Balaban J connectivity index is 1.87. The van der Waals surface area contributed by atoms with Crippen molar-refractivity contribution in [3.63, 3.8) is 0 Å². The summed E-state index contributed by atoms with van der Waals surface area (Å²) in [7, 11) is 0. The zero-order valence-electron chi connectivity index (χ0n) is 10.8. The van der Waals surface area contributed by atoms with Crippen LogP contribution in [-0.2, 0) is 6.54 Å². The Hall–Kier alpha value is -1.27. The summed E-state index contributed by atoms with van der Waals surface area (Å²) in [5.41, 5.74) is 0.987. The number of pyridine rings is 1. The molecule has 1 fully saturated rings. The number of thioether (sulfide) groups is 1. The molecule has 6 heteroatoms. The zero-order valence-corrected chi connectivity index (χ0v) is 11.6. The monoisotopic (exact) mass is 281 g/mol. The molecule has 0 aromatic carbocycles. The van der Waals surface area contributed by atoms with Gasteiger partial charge >= 0.3 is 6.03 Å². The number of hydrogen-bond donors (Lipinski definition) is 2. The van der Waals surface area contributed by atoms with E-state index in [1.807, 2.05) is 28.8 Å². The van der Waals surface area contributed by atoms with Crippen LogP contribution < -0.4 is 5.32 Å². The summed E-state index contributed by atoms with van der Waals surface area (Å²) in [6.45, 7) is 1.36. The summed E-state index contributed by atoms with van der Waals surface area (Å²) < 4.78 is 0. The van der Waals surface area contributed by atoms with Crippen LogP contribution in [0.3, 0.4) is 0 Å². The quantitative estimate of drug-likeness (QED) is 0.867. The molecule has 1 unspecified atom stereocenters. The van der Waals surface area contributed by atoms with E-state index in [0.717, 1.165) is 23.6 Å². The molecular formula is C13H19N3O2S. The normalized spacial score (nSPS) is 19.2. The minimum absolute atomic E-state index is 0.0531. The van der Waals surface area contributed by atoms with Gasteiger partial charge in [0, 0.05) is 49.6 Å². The number of nitrogens with one attached hydrogen (secondary N) is 1. The van der Waals surface area contributed by atoms with Crippen LogP contribution in [0.5, 0.6) is 0 Å². The van der Waals surface area contributed by atoms with E-state index in [2.05, 4.69) is 10.3 Å². The first kappa shape index (κ1) is 14.1. The predicted octanol–water partition coefficient (Wildman–Crippen LogP) is 1.09. The van der Waals surface area contributed by atoms with Gasteiger partial charge in [0.1, 0.15) is 0 Å². The molecule has 5 nitrogen and oxygen atoms in total. The highest BCUT2D eigenvalue weighted by atomic mass is 32.2. The average molecular weight is 281 g/mol. The molecule has 1 aliphatic heterocycles. The molecule has 2 rings (SSSR count). The molecule has 104 valence electrons. The van der Waals surface area contributed by atoms with Gasteiger partial charge in [-0.25, -0.2) is 4.79 Å². The number of carbonyl (C=O) groups excluding carboxylic acids is 1. The van der Waals surface area contributed by atoms with Gasteiger partial charge in [-0.15, -0.1) is 0 Å². The van der Waals surface area contributed by atoms with E-state index in [4.69, 9.17) is 5.11 Å². The van der Waals surface area contributed by atoms with Gasteiger partial charge in [-0.3, -0.25) is 4.98 Å². The Morgan fingerprint density at radius 2 is 2.53 bits per heavy atom. The van der Waals surface area contributed by atoms with Crippen LogP contribution in [0.25, 0.3) is 0 Å². The van der Waals surface area contributed by atoms with E-state index in [1.54, 1.807) is 12.4 Å². The van der Waals surface area contributed by atoms with Crippen LogP contribution in [-0.4, -0.2) is 51.7 Å². The molecule has 0 aliphatic carbocycles. The summed E-state index contributed by atoms with van der Waals surface area (Å²) in [6.07, 6.45) is 4.11. The van der Waals surface area contributed by atoms with Crippen molar-refractivity contribution in [2.45, 2.75) is 19.0 Å². The molecule has 2 amide bonds. The standard InChI is InChI=1S/C13H19N3O2S/c17-6-3-12-10-19-7-5-16(12)13(18)15-9-11-2-1-4-14-8-11/h1-2,4,8,12,17H,3,5-7,9-10H2,(H,15,18). The maximum atomic E-state index is 12.2. The molecule has 1 saturated heterocycles. The van der Waals surface area contributed by atoms with Crippen molar-refractivity contribution in [2.24, 2.45) is 0 Å². The Morgan fingerprint density at radius 1 is 1.63 bits per heavy atom. The highest BCUT2D eigenvalue weighted by Crippen LogP contribution is 2.18. The Bertz CT molecular complexity index is 400. The molecule has 1 aromatic heterocycles. The van der Waals surface area contributed by atoms with Gasteiger partial charge < -0.3 is 15.3 Å². The lowest BCUT2D eigenvalue weighted by molar-refractivity contribution is 0.165. The topological polar surface area (TPSA) is 65.5 Å². The molecule has 2 heterocycles. The highest BCUT2D eigenvalue weighted by Gasteiger charge is 2.26. The van der Waals surface area contributed by atoms with Crippen LogP contribution in [0.2, 0.25) is 0 Å². The number of aliphatic hydroxyl groups is 1. The van der Waals surface area contributed by atoms with Crippen molar-refractivity contribution in [2.75, 3.05) is 24.7 Å². The van der Waals surface area contributed by atoms with E-state index in [-0.39, 0.29) is 18.7 Å². The summed E-state index contributed by atoms with van der Waals surface area (Å²) in [6, 6.07) is 3.87. The maximum absolute atomic E-state index is 12.2. The lowest BCUT2D eigenvalue weighted by Gasteiger charge is -2.35. The van der Waals surface area contributed by atoms with Crippen molar-refractivity contribution < 1.29 is 9.90 Å². The van der Waals surface area contributed by atoms with E-state index >= 15 is 0 Å². The largest absolute Gasteiger partial charge is 0.396 e.